The van der Waals surface area contributed by atoms with Gasteiger partial charge in [0.25, 0.3) is 0 Å². The summed E-state index contributed by atoms with van der Waals surface area (Å²) >= 11 is 0.0919. The van der Waals surface area contributed by atoms with Gasteiger partial charge in [-0.25, -0.2) is 0 Å². The zero-order chi connectivity index (χ0) is 16.1. The topological polar surface area (TPSA) is 50.7 Å². The van der Waals surface area contributed by atoms with Crippen LogP contribution in [0.5, 0.6) is 0 Å². The van der Waals surface area contributed by atoms with Gasteiger partial charge in [0.1, 0.15) is 0 Å². The molecule has 0 aliphatic carbocycles. The number of rotatable bonds is 5. The predicted octanol–water partition coefficient (Wildman–Crippen LogP) is 0.869. The monoisotopic (exact) mass is 417 g/mol. The van der Waals surface area contributed by atoms with Crippen molar-refractivity contribution in [2.24, 2.45) is 0 Å². The number of aryl methyl sites for hydroxylation is 1. The SMILES string of the molecule is CC[I-]c1ccc(C)c(Nc2nccc(-c3cccnc3)n2)c1. The van der Waals surface area contributed by atoms with Gasteiger partial charge in [0, 0.05) is 0 Å². The number of benzene rings is 1. The van der Waals surface area contributed by atoms with Gasteiger partial charge in [-0.2, -0.15) is 0 Å². The fourth-order valence-corrected chi connectivity index (χ4v) is 4.03. The molecule has 0 amide bonds. The van der Waals surface area contributed by atoms with Crippen LogP contribution in [-0.2, 0) is 0 Å². The number of pyridine rings is 1. The summed E-state index contributed by atoms with van der Waals surface area (Å²) in [5.41, 5.74) is 4.13. The van der Waals surface area contributed by atoms with E-state index >= 15 is 0 Å². The molecule has 1 aromatic carbocycles. The van der Waals surface area contributed by atoms with Crippen molar-refractivity contribution in [3.8, 4) is 11.3 Å². The number of nitrogens with one attached hydrogen (secondary N) is 1. The number of anilines is 2. The molecule has 0 aliphatic heterocycles. The summed E-state index contributed by atoms with van der Waals surface area (Å²) in [5.74, 6) is 0.612. The fraction of sp³-hybridized carbons (Fsp3) is 0.167. The van der Waals surface area contributed by atoms with E-state index in [9.17, 15) is 0 Å². The number of aromatic nitrogens is 3. The summed E-state index contributed by atoms with van der Waals surface area (Å²) in [6.07, 6.45) is 5.34. The van der Waals surface area contributed by atoms with Crippen molar-refractivity contribution in [2.45, 2.75) is 13.8 Å². The summed E-state index contributed by atoms with van der Waals surface area (Å²) in [5, 5.41) is 3.36. The van der Waals surface area contributed by atoms with E-state index < -0.39 is 0 Å². The first-order chi connectivity index (χ1) is 11.3. The zero-order valence-electron chi connectivity index (χ0n) is 13.1. The van der Waals surface area contributed by atoms with Crippen LogP contribution in [0.2, 0.25) is 0 Å². The molecule has 3 aromatic rings. The third-order valence-corrected chi connectivity index (χ3v) is 5.66. The Morgan fingerprint density at radius 1 is 1.13 bits per heavy atom. The fourth-order valence-electron chi connectivity index (χ4n) is 2.18. The van der Waals surface area contributed by atoms with Crippen molar-refractivity contribution in [1.29, 1.82) is 0 Å². The maximum atomic E-state index is 4.60. The van der Waals surface area contributed by atoms with Gasteiger partial charge in [-0.15, -0.1) is 0 Å². The Bertz CT molecular complexity index is 790. The molecule has 0 bridgehead atoms. The molecule has 4 nitrogen and oxygen atoms in total. The molecule has 2 heterocycles. The molecule has 0 fully saturated rings. The van der Waals surface area contributed by atoms with E-state index in [-0.39, 0.29) is 21.2 Å². The summed E-state index contributed by atoms with van der Waals surface area (Å²) in [4.78, 5) is 13.1. The minimum absolute atomic E-state index is 0.0919. The third-order valence-electron chi connectivity index (χ3n) is 3.35. The summed E-state index contributed by atoms with van der Waals surface area (Å²) < 4.78 is 2.68. The van der Waals surface area contributed by atoms with E-state index in [1.165, 1.54) is 13.6 Å². The van der Waals surface area contributed by atoms with Gasteiger partial charge < -0.3 is 0 Å². The van der Waals surface area contributed by atoms with Gasteiger partial charge in [-0.1, -0.05) is 0 Å². The first-order valence-corrected chi connectivity index (χ1v) is 10.1. The molecule has 1 N–H and O–H groups in total. The molecule has 0 saturated heterocycles. The second kappa shape index (κ2) is 7.50. The van der Waals surface area contributed by atoms with Gasteiger partial charge in [0.15, 0.2) is 0 Å². The van der Waals surface area contributed by atoms with Crippen LogP contribution >= 0.6 is 0 Å². The zero-order valence-corrected chi connectivity index (χ0v) is 15.3. The number of alkyl halides is 1. The average Bonchev–Trinajstić information content (AvgIpc) is 2.59. The van der Waals surface area contributed by atoms with Crippen LogP contribution in [-0.4, -0.2) is 19.4 Å². The summed E-state index contributed by atoms with van der Waals surface area (Å²) in [6.45, 7) is 4.34. The molecule has 0 aliphatic rings. The molecule has 23 heavy (non-hydrogen) atoms. The summed E-state index contributed by atoms with van der Waals surface area (Å²) in [6, 6.07) is 12.4. The third kappa shape index (κ3) is 4.04. The van der Waals surface area contributed by atoms with E-state index in [0.717, 1.165) is 16.9 Å². The number of halogens is 1. The molecular formula is C18H18IN4-. The van der Waals surface area contributed by atoms with Crippen LogP contribution in [0.3, 0.4) is 0 Å². The summed E-state index contributed by atoms with van der Waals surface area (Å²) in [7, 11) is 0. The Kier molecular flexibility index (Phi) is 5.17. The second-order valence-electron chi connectivity index (χ2n) is 4.99. The van der Waals surface area contributed by atoms with Gasteiger partial charge >= 0.3 is 147 Å². The van der Waals surface area contributed by atoms with E-state index in [1.807, 2.05) is 24.4 Å². The van der Waals surface area contributed by atoms with E-state index in [1.54, 1.807) is 12.4 Å². The molecule has 5 heteroatoms. The second-order valence-corrected chi connectivity index (χ2v) is 8.53. The van der Waals surface area contributed by atoms with Crippen LogP contribution in [0.15, 0.2) is 55.0 Å². The first kappa shape index (κ1) is 15.9. The van der Waals surface area contributed by atoms with Crippen LogP contribution in [0, 0.1) is 10.5 Å². The molecular weight excluding hydrogens is 399 g/mol. The van der Waals surface area contributed by atoms with Gasteiger partial charge in [0.2, 0.25) is 0 Å². The van der Waals surface area contributed by atoms with Crippen molar-refractivity contribution in [3.05, 3.63) is 64.1 Å². The molecule has 0 radical (unpaired) electrons. The van der Waals surface area contributed by atoms with Gasteiger partial charge in [0.05, 0.1) is 0 Å². The Hall–Kier alpha value is -2.02. The molecule has 0 saturated carbocycles. The van der Waals surface area contributed by atoms with Gasteiger partial charge in [-0.05, 0) is 0 Å². The van der Waals surface area contributed by atoms with Crippen molar-refractivity contribution >= 4 is 11.6 Å². The molecule has 3 rings (SSSR count). The molecule has 0 unspecified atom stereocenters. The molecule has 2 aromatic heterocycles. The quantitative estimate of drug-likeness (QED) is 0.495. The first-order valence-electron chi connectivity index (χ1n) is 7.46. The Morgan fingerprint density at radius 3 is 2.83 bits per heavy atom. The number of hydrogen-bond acceptors (Lipinski definition) is 4. The van der Waals surface area contributed by atoms with Crippen LogP contribution in [0.25, 0.3) is 11.3 Å². The normalized spacial score (nSPS) is 10.7. The van der Waals surface area contributed by atoms with Gasteiger partial charge in [-0.3, -0.25) is 0 Å². The minimum atomic E-state index is 0.0919. The maximum absolute atomic E-state index is 4.60. The van der Waals surface area contributed by atoms with Crippen molar-refractivity contribution in [3.63, 3.8) is 0 Å². The molecule has 118 valence electrons. The van der Waals surface area contributed by atoms with Crippen LogP contribution in [0.4, 0.5) is 11.6 Å². The Labute approximate surface area is 146 Å². The molecule has 0 spiro atoms. The Morgan fingerprint density at radius 2 is 2.04 bits per heavy atom. The van der Waals surface area contributed by atoms with Crippen LogP contribution < -0.4 is 26.5 Å². The average molecular weight is 417 g/mol. The van der Waals surface area contributed by atoms with Crippen LogP contribution in [0.1, 0.15) is 12.5 Å². The predicted molar refractivity (Wildman–Crippen MR) is 89.0 cm³/mol. The van der Waals surface area contributed by atoms with Crippen molar-refractivity contribution in [1.82, 2.24) is 15.0 Å². The number of nitrogens with zero attached hydrogens (tertiary/aromatic N) is 3. The van der Waals surface area contributed by atoms with E-state index in [2.05, 4.69) is 52.3 Å². The number of hydrogen-bond donors (Lipinski definition) is 1. The standard InChI is InChI=1S/C18H18IN4/c1-3-19-15-7-6-13(2)17(11-15)23-18-21-10-8-16(22-18)14-5-4-9-20-12-14/h4-12H,3H2,1-2H3,(H,21,22,23)/q-1. The van der Waals surface area contributed by atoms with Crippen molar-refractivity contribution < 1.29 is 21.2 Å². The van der Waals surface area contributed by atoms with E-state index in [4.69, 9.17) is 0 Å². The Balaban J connectivity index is 1.88. The van der Waals surface area contributed by atoms with E-state index in [0.29, 0.717) is 5.95 Å². The molecule has 0 atom stereocenters. The van der Waals surface area contributed by atoms with Crippen molar-refractivity contribution in [2.75, 3.05) is 9.74 Å².